The Kier molecular flexibility index (Phi) is 4.71. The molecule has 0 aliphatic carbocycles. The summed E-state index contributed by atoms with van der Waals surface area (Å²) in [6, 6.07) is 13.4. The summed E-state index contributed by atoms with van der Waals surface area (Å²) in [5.74, 6) is 0.517. The van der Waals surface area contributed by atoms with Crippen LogP contribution in [0.2, 0.25) is 0 Å². The highest BCUT2D eigenvalue weighted by Gasteiger charge is 2.13. The van der Waals surface area contributed by atoms with Gasteiger partial charge in [-0.2, -0.15) is 10.2 Å². The van der Waals surface area contributed by atoms with Gasteiger partial charge in [0.15, 0.2) is 5.69 Å². The number of hydrogen-bond acceptors (Lipinski definition) is 5. The molecule has 0 unspecified atom stereocenters. The molecule has 3 aromatic heterocycles. The first-order valence-corrected chi connectivity index (χ1v) is 9.15. The highest BCUT2D eigenvalue weighted by molar-refractivity contribution is 7.13. The fraction of sp³-hybridized carbons (Fsp3) is 0.105. The van der Waals surface area contributed by atoms with Crippen molar-refractivity contribution in [3.63, 3.8) is 0 Å². The number of H-pyrrole nitrogens is 1. The summed E-state index contributed by atoms with van der Waals surface area (Å²) in [6.45, 7) is 0.581. The van der Waals surface area contributed by atoms with E-state index in [1.165, 1.54) is 0 Å². The number of benzene rings is 1. The van der Waals surface area contributed by atoms with Gasteiger partial charge in [-0.3, -0.25) is 14.6 Å². The van der Waals surface area contributed by atoms with Gasteiger partial charge in [-0.15, -0.1) is 11.3 Å². The standard InChI is InChI=1S/C19H17N5O2S/c1-26-15-5-2-4-13(8-15)11-24-12-14(10-20-24)21-19(25)17-9-16(22-23-17)18-6-3-7-27-18/h2-10,12H,11H2,1H3,(H,21,25)(H,22,23). The van der Waals surface area contributed by atoms with E-state index in [0.717, 1.165) is 21.9 Å². The molecule has 1 aromatic carbocycles. The first kappa shape index (κ1) is 17.0. The topological polar surface area (TPSA) is 84.8 Å². The van der Waals surface area contributed by atoms with Crippen molar-refractivity contribution in [2.24, 2.45) is 0 Å². The normalized spacial score (nSPS) is 10.7. The largest absolute Gasteiger partial charge is 0.497 e. The molecule has 0 saturated carbocycles. The zero-order valence-corrected chi connectivity index (χ0v) is 15.4. The van der Waals surface area contributed by atoms with E-state index < -0.39 is 0 Å². The summed E-state index contributed by atoms with van der Waals surface area (Å²) in [5, 5.41) is 16.1. The fourth-order valence-electron chi connectivity index (χ4n) is 2.66. The van der Waals surface area contributed by atoms with Crippen LogP contribution in [0.5, 0.6) is 5.75 Å². The van der Waals surface area contributed by atoms with Crippen LogP contribution in [0.1, 0.15) is 16.1 Å². The molecule has 0 bridgehead atoms. The van der Waals surface area contributed by atoms with Gasteiger partial charge < -0.3 is 10.1 Å². The average Bonchev–Trinajstić information content (AvgIpc) is 3.43. The van der Waals surface area contributed by atoms with Crippen LogP contribution in [0.4, 0.5) is 5.69 Å². The van der Waals surface area contributed by atoms with Gasteiger partial charge >= 0.3 is 0 Å². The monoisotopic (exact) mass is 379 g/mol. The lowest BCUT2D eigenvalue weighted by atomic mass is 10.2. The van der Waals surface area contributed by atoms with Crippen molar-refractivity contribution in [1.29, 1.82) is 0 Å². The van der Waals surface area contributed by atoms with Crippen LogP contribution in [0.3, 0.4) is 0 Å². The van der Waals surface area contributed by atoms with Crippen LogP contribution in [0, 0.1) is 0 Å². The van der Waals surface area contributed by atoms with E-state index in [2.05, 4.69) is 20.6 Å². The number of amides is 1. The molecular weight excluding hydrogens is 362 g/mol. The number of ether oxygens (including phenoxy) is 1. The number of carbonyl (C=O) groups is 1. The summed E-state index contributed by atoms with van der Waals surface area (Å²) >= 11 is 1.59. The van der Waals surface area contributed by atoms with Gasteiger partial charge in [0, 0.05) is 6.20 Å². The molecule has 136 valence electrons. The molecule has 0 aliphatic heterocycles. The first-order chi connectivity index (χ1) is 13.2. The molecule has 2 N–H and O–H groups in total. The van der Waals surface area contributed by atoms with Crippen molar-refractivity contribution >= 4 is 22.9 Å². The lowest BCUT2D eigenvalue weighted by Crippen LogP contribution is -2.11. The zero-order chi connectivity index (χ0) is 18.6. The van der Waals surface area contributed by atoms with Crippen LogP contribution >= 0.6 is 11.3 Å². The molecule has 0 spiro atoms. The maximum Gasteiger partial charge on any atom is 0.276 e. The van der Waals surface area contributed by atoms with Crippen molar-refractivity contribution in [3.05, 3.63) is 71.5 Å². The van der Waals surface area contributed by atoms with Crippen molar-refractivity contribution in [2.45, 2.75) is 6.54 Å². The second-order valence-electron chi connectivity index (χ2n) is 5.88. The van der Waals surface area contributed by atoms with E-state index in [1.54, 1.807) is 41.6 Å². The fourth-order valence-corrected chi connectivity index (χ4v) is 3.36. The Labute approximate surface area is 159 Å². The lowest BCUT2D eigenvalue weighted by Gasteiger charge is -2.04. The molecule has 0 radical (unpaired) electrons. The SMILES string of the molecule is COc1cccc(Cn2cc(NC(=O)c3cc(-c4cccs4)[nH]n3)cn2)c1. The van der Waals surface area contributed by atoms with Gasteiger partial charge in [0.05, 0.1) is 36.1 Å². The van der Waals surface area contributed by atoms with E-state index >= 15 is 0 Å². The highest BCUT2D eigenvalue weighted by atomic mass is 32.1. The maximum absolute atomic E-state index is 12.4. The Morgan fingerprint density at radius 3 is 3.04 bits per heavy atom. The second kappa shape index (κ2) is 7.46. The van der Waals surface area contributed by atoms with E-state index in [-0.39, 0.29) is 5.91 Å². The lowest BCUT2D eigenvalue weighted by molar-refractivity contribution is 0.102. The Balaban J connectivity index is 1.42. The third-order valence-electron chi connectivity index (χ3n) is 3.97. The Hall–Kier alpha value is -3.39. The second-order valence-corrected chi connectivity index (χ2v) is 6.82. The molecule has 4 aromatic rings. The number of aromatic amines is 1. The summed E-state index contributed by atoms with van der Waals surface area (Å²) in [5.41, 5.74) is 2.83. The predicted octanol–water partition coefficient (Wildman–Crippen LogP) is 3.64. The van der Waals surface area contributed by atoms with Gasteiger partial charge in [0.2, 0.25) is 0 Å². The van der Waals surface area contributed by atoms with Crippen LogP contribution < -0.4 is 10.1 Å². The zero-order valence-electron chi connectivity index (χ0n) is 14.5. The molecule has 0 fully saturated rings. The third-order valence-corrected chi connectivity index (χ3v) is 4.87. The van der Waals surface area contributed by atoms with Gasteiger partial charge in [-0.25, -0.2) is 0 Å². The summed E-state index contributed by atoms with van der Waals surface area (Å²) < 4.78 is 6.99. The minimum absolute atomic E-state index is 0.282. The molecule has 3 heterocycles. The van der Waals surface area contributed by atoms with E-state index in [4.69, 9.17) is 4.74 Å². The van der Waals surface area contributed by atoms with Crippen molar-refractivity contribution in [3.8, 4) is 16.3 Å². The Bertz CT molecular complexity index is 1050. The number of rotatable bonds is 6. The Morgan fingerprint density at radius 1 is 1.30 bits per heavy atom. The predicted molar refractivity (Wildman–Crippen MR) is 104 cm³/mol. The molecular formula is C19H17N5O2S. The van der Waals surface area contributed by atoms with E-state index in [9.17, 15) is 4.79 Å². The molecule has 7 nitrogen and oxygen atoms in total. The molecule has 8 heteroatoms. The van der Waals surface area contributed by atoms with Gasteiger partial charge in [-0.1, -0.05) is 18.2 Å². The quantitative estimate of drug-likeness (QED) is 0.536. The molecule has 27 heavy (non-hydrogen) atoms. The number of methoxy groups -OCH3 is 1. The highest BCUT2D eigenvalue weighted by Crippen LogP contribution is 2.23. The molecule has 0 aliphatic rings. The summed E-state index contributed by atoms with van der Waals surface area (Å²) in [4.78, 5) is 13.4. The van der Waals surface area contributed by atoms with Crippen molar-refractivity contribution < 1.29 is 9.53 Å². The number of nitrogens with one attached hydrogen (secondary N) is 2. The summed E-state index contributed by atoms with van der Waals surface area (Å²) in [6.07, 6.45) is 3.40. The van der Waals surface area contributed by atoms with E-state index in [0.29, 0.717) is 17.9 Å². The van der Waals surface area contributed by atoms with Crippen LogP contribution in [0.25, 0.3) is 10.6 Å². The van der Waals surface area contributed by atoms with Crippen molar-refractivity contribution in [2.75, 3.05) is 12.4 Å². The van der Waals surface area contributed by atoms with Crippen LogP contribution in [-0.2, 0) is 6.54 Å². The van der Waals surface area contributed by atoms with Crippen molar-refractivity contribution in [1.82, 2.24) is 20.0 Å². The molecule has 0 saturated heterocycles. The van der Waals surface area contributed by atoms with Crippen LogP contribution in [-0.4, -0.2) is 33.0 Å². The number of thiophene rings is 1. The smallest absolute Gasteiger partial charge is 0.276 e. The molecule has 1 amide bonds. The molecule has 0 atom stereocenters. The van der Waals surface area contributed by atoms with Gasteiger partial charge in [-0.05, 0) is 35.2 Å². The number of nitrogens with zero attached hydrogens (tertiary/aromatic N) is 3. The third kappa shape index (κ3) is 3.90. The van der Waals surface area contributed by atoms with Gasteiger partial charge in [0.1, 0.15) is 5.75 Å². The molecule has 4 rings (SSSR count). The minimum Gasteiger partial charge on any atom is -0.497 e. The van der Waals surface area contributed by atoms with E-state index in [1.807, 2.05) is 41.8 Å². The number of hydrogen-bond donors (Lipinski definition) is 2. The number of aromatic nitrogens is 4. The number of carbonyl (C=O) groups excluding carboxylic acids is 1. The first-order valence-electron chi connectivity index (χ1n) is 8.27. The minimum atomic E-state index is -0.282. The average molecular weight is 379 g/mol. The van der Waals surface area contributed by atoms with Crippen LogP contribution in [0.15, 0.2) is 60.2 Å². The maximum atomic E-state index is 12.4. The number of anilines is 1. The Morgan fingerprint density at radius 2 is 2.22 bits per heavy atom. The van der Waals surface area contributed by atoms with Gasteiger partial charge in [0.25, 0.3) is 5.91 Å². The summed E-state index contributed by atoms with van der Waals surface area (Å²) in [7, 11) is 1.64.